The molecule has 2 atom stereocenters. The topological polar surface area (TPSA) is 57.0 Å². The van der Waals surface area contributed by atoms with Crippen LogP contribution >= 0.6 is 0 Å². The van der Waals surface area contributed by atoms with Gasteiger partial charge in [-0.3, -0.25) is 0 Å². The maximum absolute atomic E-state index is 13.1. The highest BCUT2D eigenvalue weighted by atomic mass is 32.2. The normalized spacial score (nSPS) is 27.3. The average Bonchev–Trinajstić information content (AvgIpc) is 3.25. The molecule has 0 saturated carbocycles. The van der Waals surface area contributed by atoms with Crippen LogP contribution in [0.2, 0.25) is 0 Å². The predicted octanol–water partition coefficient (Wildman–Crippen LogP) is 2.00. The maximum Gasteiger partial charge on any atom is 0.282 e. The molecule has 3 rings (SSSR count). The third-order valence-electron chi connectivity index (χ3n) is 5.16. The van der Waals surface area contributed by atoms with Gasteiger partial charge in [-0.15, -0.1) is 0 Å². The molecule has 2 aliphatic rings. The highest BCUT2D eigenvalue weighted by molar-refractivity contribution is 7.86. The third kappa shape index (κ3) is 3.20. The van der Waals surface area contributed by atoms with Gasteiger partial charge < -0.3 is 9.32 Å². The van der Waals surface area contributed by atoms with E-state index in [-0.39, 0.29) is 12.1 Å². The Morgan fingerprint density at radius 2 is 2.09 bits per heavy atom. The van der Waals surface area contributed by atoms with Gasteiger partial charge in [0.25, 0.3) is 10.2 Å². The van der Waals surface area contributed by atoms with Crippen molar-refractivity contribution in [1.29, 1.82) is 0 Å². The van der Waals surface area contributed by atoms with Gasteiger partial charge in [0.1, 0.15) is 11.5 Å². The van der Waals surface area contributed by atoms with Gasteiger partial charge in [-0.05, 0) is 51.4 Å². The number of hydrogen-bond acceptors (Lipinski definition) is 4. The molecule has 0 radical (unpaired) electrons. The molecule has 1 aromatic rings. The minimum absolute atomic E-state index is 0.0690. The van der Waals surface area contributed by atoms with Gasteiger partial charge in [0.2, 0.25) is 0 Å². The predicted molar refractivity (Wildman–Crippen MR) is 89.3 cm³/mol. The Bertz CT molecular complexity index is 643. The molecule has 2 saturated heterocycles. The smallest absolute Gasteiger partial charge is 0.282 e. The minimum Gasteiger partial charge on any atom is -0.465 e. The van der Waals surface area contributed by atoms with Crippen molar-refractivity contribution in [2.24, 2.45) is 0 Å². The number of likely N-dealkylation sites (N-methyl/N-ethyl adjacent to an activating group) is 2. The zero-order valence-electron chi connectivity index (χ0n) is 14.2. The fourth-order valence-electron chi connectivity index (χ4n) is 3.68. The summed E-state index contributed by atoms with van der Waals surface area (Å²) < 4.78 is 35.1. The molecular formula is C16H27N3O3S. The van der Waals surface area contributed by atoms with Crippen LogP contribution in [-0.4, -0.2) is 61.2 Å². The Labute approximate surface area is 139 Å². The standard InChI is InChI=1S/C16H27N3O3S/c1-4-18-11-9-14(12-18)17(3)23(20,21)19-10-5-6-15(19)16-8-7-13(2)22-16/h7-8,14-15H,4-6,9-12H2,1-3H3/t14-,15-/m0/s1. The number of hydrogen-bond donors (Lipinski definition) is 0. The second kappa shape index (κ2) is 6.55. The van der Waals surface area contributed by atoms with Crippen LogP contribution in [0.4, 0.5) is 0 Å². The molecule has 6 nitrogen and oxygen atoms in total. The first kappa shape index (κ1) is 17.0. The summed E-state index contributed by atoms with van der Waals surface area (Å²) in [6.45, 7) is 7.35. The van der Waals surface area contributed by atoms with Crippen molar-refractivity contribution < 1.29 is 12.8 Å². The van der Waals surface area contributed by atoms with Crippen LogP contribution in [0.1, 0.15) is 43.7 Å². The van der Waals surface area contributed by atoms with Gasteiger partial charge in [0.15, 0.2) is 0 Å². The quantitative estimate of drug-likeness (QED) is 0.822. The Morgan fingerprint density at radius 1 is 1.30 bits per heavy atom. The van der Waals surface area contributed by atoms with Gasteiger partial charge in [0.05, 0.1) is 6.04 Å². The molecule has 7 heteroatoms. The first-order valence-corrected chi connectivity index (χ1v) is 9.86. The summed E-state index contributed by atoms with van der Waals surface area (Å²) in [6, 6.07) is 3.71. The highest BCUT2D eigenvalue weighted by Gasteiger charge is 2.42. The van der Waals surface area contributed by atoms with E-state index in [1.165, 1.54) is 0 Å². The molecule has 1 aromatic heterocycles. The van der Waals surface area contributed by atoms with Gasteiger partial charge >= 0.3 is 0 Å². The van der Waals surface area contributed by atoms with Crippen molar-refractivity contribution in [2.75, 3.05) is 33.2 Å². The van der Waals surface area contributed by atoms with Crippen molar-refractivity contribution in [3.63, 3.8) is 0 Å². The van der Waals surface area contributed by atoms with Crippen LogP contribution in [0.5, 0.6) is 0 Å². The molecule has 0 N–H and O–H groups in total. The van der Waals surface area contributed by atoms with E-state index in [1.54, 1.807) is 15.7 Å². The average molecular weight is 341 g/mol. The van der Waals surface area contributed by atoms with Crippen molar-refractivity contribution >= 4 is 10.2 Å². The summed E-state index contributed by atoms with van der Waals surface area (Å²) >= 11 is 0. The Morgan fingerprint density at radius 3 is 2.70 bits per heavy atom. The molecule has 2 fully saturated rings. The summed E-state index contributed by atoms with van der Waals surface area (Å²) in [5.74, 6) is 1.59. The molecule has 0 amide bonds. The first-order chi connectivity index (χ1) is 10.9. The van der Waals surface area contributed by atoms with Gasteiger partial charge in [0, 0.05) is 26.2 Å². The summed E-state index contributed by atoms with van der Waals surface area (Å²) in [5, 5.41) is 0. The van der Waals surface area contributed by atoms with E-state index >= 15 is 0 Å². The Balaban J connectivity index is 1.78. The van der Waals surface area contributed by atoms with Crippen LogP contribution < -0.4 is 0 Å². The first-order valence-electron chi connectivity index (χ1n) is 8.47. The van der Waals surface area contributed by atoms with Crippen LogP contribution in [0.15, 0.2) is 16.5 Å². The van der Waals surface area contributed by atoms with Crippen molar-refractivity contribution in [3.05, 3.63) is 23.7 Å². The second-order valence-corrected chi connectivity index (χ2v) is 8.52. The van der Waals surface area contributed by atoms with E-state index in [1.807, 2.05) is 19.1 Å². The van der Waals surface area contributed by atoms with E-state index in [4.69, 9.17) is 4.42 Å². The molecule has 0 aliphatic carbocycles. The molecule has 23 heavy (non-hydrogen) atoms. The lowest BCUT2D eigenvalue weighted by molar-refractivity contribution is 0.278. The van der Waals surface area contributed by atoms with Gasteiger partial charge in [-0.2, -0.15) is 17.0 Å². The lowest BCUT2D eigenvalue weighted by Gasteiger charge is -2.31. The SMILES string of the molecule is CCN1CC[C@H](N(C)S(=O)(=O)N2CCC[C@H]2c2ccc(C)o2)C1. The van der Waals surface area contributed by atoms with E-state index < -0.39 is 10.2 Å². The minimum atomic E-state index is -3.46. The molecule has 3 heterocycles. The molecular weight excluding hydrogens is 314 g/mol. The molecule has 0 bridgehead atoms. The molecule has 2 aliphatic heterocycles. The van der Waals surface area contributed by atoms with E-state index in [0.717, 1.165) is 50.4 Å². The molecule has 0 aromatic carbocycles. The lowest BCUT2D eigenvalue weighted by atomic mass is 10.2. The van der Waals surface area contributed by atoms with Crippen LogP contribution in [-0.2, 0) is 10.2 Å². The van der Waals surface area contributed by atoms with Gasteiger partial charge in [-0.1, -0.05) is 6.92 Å². The molecule has 0 spiro atoms. The monoisotopic (exact) mass is 341 g/mol. The van der Waals surface area contributed by atoms with Crippen LogP contribution in [0.3, 0.4) is 0 Å². The summed E-state index contributed by atoms with van der Waals surface area (Å²) in [4.78, 5) is 2.30. The number of furan rings is 1. The summed E-state index contributed by atoms with van der Waals surface area (Å²) in [6.07, 6.45) is 2.61. The molecule has 130 valence electrons. The molecule has 0 unspecified atom stereocenters. The Hall–Kier alpha value is -0.890. The lowest BCUT2D eigenvalue weighted by Crippen LogP contribution is -2.47. The van der Waals surface area contributed by atoms with Crippen molar-refractivity contribution in [2.45, 2.75) is 45.2 Å². The number of likely N-dealkylation sites (tertiary alicyclic amines) is 1. The van der Waals surface area contributed by atoms with Crippen molar-refractivity contribution in [3.8, 4) is 0 Å². The third-order valence-corrected chi connectivity index (χ3v) is 7.22. The van der Waals surface area contributed by atoms with Crippen LogP contribution in [0.25, 0.3) is 0 Å². The maximum atomic E-state index is 13.1. The van der Waals surface area contributed by atoms with E-state index in [2.05, 4.69) is 11.8 Å². The van der Waals surface area contributed by atoms with Crippen molar-refractivity contribution in [1.82, 2.24) is 13.5 Å². The van der Waals surface area contributed by atoms with Gasteiger partial charge in [-0.25, -0.2) is 0 Å². The summed E-state index contributed by atoms with van der Waals surface area (Å²) in [5.41, 5.74) is 0. The Kier molecular flexibility index (Phi) is 4.83. The fraction of sp³-hybridized carbons (Fsp3) is 0.750. The van der Waals surface area contributed by atoms with E-state index in [9.17, 15) is 8.42 Å². The zero-order valence-corrected chi connectivity index (χ0v) is 15.1. The summed E-state index contributed by atoms with van der Waals surface area (Å²) in [7, 11) is -1.74. The number of aryl methyl sites for hydroxylation is 1. The number of rotatable bonds is 5. The largest absolute Gasteiger partial charge is 0.465 e. The zero-order chi connectivity index (χ0) is 16.6. The fourth-order valence-corrected chi connectivity index (χ4v) is 5.45. The van der Waals surface area contributed by atoms with E-state index in [0.29, 0.717) is 6.54 Å². The highest BCUT2D eigenvalue weighted by Crippen LogP contribution is 2.36. The number of nitrogens with zero attached hydrogens (tertiary/aromatic N) is 3. The second-order valence-electron chi connectivity index (χ2n) is 6.58. The van der Waals surface area contributed by atoms with Crippen LogP contribution in [0, 0.1) is 6.92 Å².